The molecule has 0 saturated heterocycles. The highest BCUT2D eigenvalue weighted by molar-refractivity contribution is 5.30. The summed E-state index contributed by atoms with van der Waals surface area (Å²) in [5.41, 5.74) is 6.72. The fourth-order valence-corrected chi connectivity index (χ4v) is 1.26. The number of rotatable bonds is 3. The van der Waals surface area contributed by atoms with Crippen LogP contribution in [0, 0.1) is 0 Å². The molecule has 5 heteroatoms. The van der Waals surface area contributed by atoms with Crippen molar-refractivity contribution in [3.63, 3.8) is 0 Å². The molecule has 0 radical (unpaired) electrons. The summed E-state index contributed by atoms with van der Waals surface area (Å²) in [6, 6.07) is 9.57. The normalized spacial score (nSPS) is 12.7. The first kappa shape index (κ1) is 9.82. The molecule has 3 N–H and O–H groups in total. The van der Waals surface area contributed by atoms with Crippen LogP contribution in [-0.2, 0) is 0 Å². The lowest BCUT2D eigenvalue weighted by molar-refractivity contribution is 0.182. The Morgan fingerprint density at radius 3 is 2.73 bits per heavy atom. The summed E-state index contributed by atoms with van der Waals surface area (Å²) in [5.74, 6) is 0. The number of nitrogens with zero attached hydrogens (tertiary/aromatic N) is 3. The van der Waals surface area contributed by atoms with E-state index in [0.29, 0.717) is 5.69 Å². The van der Waals surface area contributed by atoms with Crippen molar-refractivity contribution in [2.45, 2.75) is 6.10 Å². The van der Waals surface area contributed by atoms with Crippen LogP contribution in [0.15, 0.2) is 36.5 Å². The monoisotopic (exact) mass is 204 g/mol. The van der Waals surface area contributed by atoms with Gasteiger partial charge >= 0.3 is 0 Å². The van der Waals surface area contributed by atoms with E-state index in [1.165, 1.54) is 0 Å². The fraction of sp³-hybridized carbons (Fsp3) is 0.200. The van der Waals surface area contributed by atoms with Gasteiger partial charge in [-0.25, -0.2) is 4.68 Å². The zero-order chi connectivity index (χ0) is 10.7. The van der Waals surface area contributed by atoms with E-state index in [0.717, 1.165) is 5.69 Å². The minimum atomic E-state index is -0.748. The SMILES string of the molecule is NCC(O)c1cn(-c2ccccc2)nn1. The van der Waals surface area contributed by atoms with Crippen LogP contribution in [0.3, 0.4) is 0 Å². The first-order valence-electron chi connectivity index (χ1n) is 4.67. The number of hydrogen-bond donors (Lipinski definition) is 2. The number of nitrogens with two attached hydrogens (primary N) is 1. The third-order valence-electron chi connectivity index (χ3n) is 2.10. The second-order valence-corrected chi connectivity index (χ2v) is 3.18. The van der Waals surface area contributed by atoms with E-state index >= 15 is 0 Å². The average molecular weight is 204 g/mol. The Morgan fingerprint density at radius 1 is 1.33 bits per heavy atom. The molecule has 2 aromatic rings. The van der Waals surface area contributed by atoms with Crippen LogP contribution in [0.4, 0.5) is 0 Å². The lowest BCUT2D eigenvalue weighted by Crippen LogP contribution is -2.11. The Balaban J connectivity index is 2.28. The second kappa shape index (κ2) is 4.20. The van der Waals surface area contributed by atoms with Crippen LogP contribution >= 0.6 is 0 Å². The topological polar surface area (TPSA) is 77.0 Å². The number of para-hydroxylation sites is 1. The highest BCUT2D eigenvalue weighted by Gasteiger charge is 2.10. The number of hydrogen-bond acceptors (Lipinski definition) is 4. The van der Waals surface area contributed by atoms with Crippen molar-refractivity contribution in [2.75, 3.05) is 6.54 Å². The molecule has 1 aromatic carbocycles. The predicted octanol–water partition coefficient (Wildman–Crippen LogP) is 0.259. The minimum absolute atomic E-state index is 0.146. The molecule has 0 aliphatic rings. The van der Waals surface area contributed by atoms with Crippen LogP contribution in [0.5, 0.6) is 0 Å². The molecule has 1 atom stereocenters. The standard InChI is InChI=1S/C10H12N4O/c11-6-10(15)9-7-14(13-12-9)8-4-2-1-3-5-8/h1-5,7,10,15H,6,11H2. The van der Waals surface area contributed by atoms with E-state index in [1.54, 1.807) is 10.9 Å². The molecule has 0 amide bonds. The molecule has 1 unspecified atom stereocenters. The van der Waals surface area contributed by atoms with Crippen molar-refractivity contribution >= 4 is 0 Å². The summed E-state index contributed by atoms with van der Waals surface area (Å²) in [6.07, 6.45) is 0.926. The Bertz CT molecular complexity index is 426. The van der Waals surface area contributed by atoms with Gasteiger partial charge in [-0.05, 0) is 12.1 Å². The predicted molar refractivity (Wildman–Crippen MR) is 55.4 cm³/mol. The molecule has 1 heterocycles. The van der Waals surface area contributed by atoms with Gasteiger partial charge in [0.25, 0.3) is 0 Å². The zero-order valence-electron chi connectivity index (χ0n) is 8.11. The maximum Gasteiger partial charge on any atom is 0.113 e. The summed E-state index contributed by atoms with van der Waals surface area (Å²) in [4.78, 5) is 0. The molecule has 78 valence electrons. The molecule has 0 aliphatic carbocycles. The maximum absolute atomic E-state index is 9.45. The molecule has 1 aromatic heterocycles. The highest BCUT2D eigenvalue weighted by atomic mass is 16.3. The van der Waals surface area contributed by atoms with Crippen molar-refractivity contribution in [2.24, 2.45) is 5.73 Å². The van der Waals surface area contributed by atoms with Gasteiger partial charge in [-0.1, -0.05) is 23.4 Å². The molecule has 2 rings (SSSR count). The van der Waals surface area contributed by atoms with Crippen molar-refractivity contribution in [1.29, 1.82) is 0 Å². The fourth-order valence-electron chi connectivity index (χ4n) is 1.26. The molecule has 0 spiro atoms. The van der Waals surface area contributed by atoms with E-state index in [-0.39, 0.29) is 6.54 Å². The lowest BCUT2D eigenvalue weighted by atomic mass is 10.3. The van der Waals surface area contributed by atoms with E-state index in [9.17, 15) is 5.11 Å². The highest BCUT2D eigenvalue weighted by Crippen LogP contribution is 2.10. The van der Waals surface area contributed by atoms with Crippen molar-refractivity contribution in [1.82, 2.24) is 15.0 Å². The van der Waals surface area contributed by atoms with Crippen LogP contribution in [0.1, 0.15) is 11.8 Å². The molecule has 0 bridgehead atoms. The number of aliphatic hydroxyl groups excluding tert-OH is 1. The zero-order valence-corrected chi connectivity index (χ0v) is 8.11. The van der Waals surface area contributed by atoms with Gasteiger partial charge in [0.05, 0.1) is 11.9 Å². The van der Waals surface area contributed by atoms with E-state index in [1.807, 2.05) is 30.3 Å². The van der Waals surface area contributed by atoms with E-state index in [4.69, 9.17) is 5.73 Å². The van der Waals surface area contributed by atoms with Gasteiger partial charge in [0, 0.05) is 6.54 Å². The van der Waals surface area contributed by atoms with Crippen LogP contribution in [-0.4, -0.2) is 26.6 Å². The third kappa shape index (κ3) is 2.03. The number of aromatic nitrogens is 3. The first-order chi connectivity index (χ1) is 7.31. The van der Waals surface area contributed by atoms with Crippen molar-refractivity contribution in [3.8, 4) is 5.69 Å². The van der Waals surface area contributed by atoms with Gasteiger partial charge < -0.3 is 10.8 Å². The second-order valence-electron chi connectivity index (χ2n) is 3.18. The molecule has 0 aliphatic heterocycles. The molecule has 0 saturated carbocycles. The van der Waals surface area contributed by atoms with Crippen LogP contribution in [0.25, 0.3) is 5.69 Å². The quantitative estimate of drug-likeness (QED) is 0.751. The Kier molecular flexibility index (Phi) is 2.75. The van der Waals surface area contributed by atoms with Crippen LogP contribution in [0.2, 0.25) is 0 Å². The summed E-state index contributed by atoms with van der Waals surface area (Å²) < 4.78 is 1.61. The van der Waals surface area contributed by atoms with E-state index < -0.39 is 6.10 Å². The Labute approximate surface area is 87.1 Å². The van der Waals surface area contributed by atoms with Gasteiger partial charge in [-0.15, -0.1) is 5.10 Å². The van der Waals surface area contributed by atoms with E-state index in [2.05, 4.69) is 10.3 Å². The molecule has 5 nitrogen and oxygen atoms in total. The van der Waals surface area contributed by atoms with Gasteiger partial charge in [0.15, 0.2) is 0 Å². The van der Waals surface area contributed by atoms with Gasteiger partial charge in [0.2, 0.25) is 0 Å². The minimum Gasteiger partial charge on any atom is -0.385 e. The molecule has 15 heavy (non-hydrogen) atoms. The van der Waals surface area contributed by atoms with Crippen molar-refractivity contribution in [3.05, 3.63) is 42.2 Å². The van der Waals surface area contributed by atoms with Gasteiger partial charge in [0.1, 0.15) is 11.8 Å². The number of aliphatic hydroxyl groups is 1. The summed E-state index contributed by atoms with van der Waals surface area (Å²) in [6.45, 7) is 0.146. The number of benzene rings is 1. The molecular weight excluding hydrogens is 192 g/mol. The van der Waals surface area contributed by atoms with Gasteiger partial charge in [-0.3, -0.25) is 0 Å². The maximum atomic E-state index is 9.45. The molecule has 0 fully saturated rings. The summed E-state index contributed by atoms with van der Waals surface area (Å²) in [7, 11) is 0. The average Bonchev–Trinajstić information content (AvgIpc) is 2.78. The first-order valence-corrected chi connectivity index (χ1v) is 4.67. The Morgan fingerprint density at radius 2 is 2.07 bits per heavy atom. The summed E-state index contributed by atoms with van der Waals surface area (Å²) >= 11 is 0. The van der Waals surface area contributed by atoms with Crippen molar-refractivity contribution < 1.29 is 5.11 Å². The largest absolute Gasteiger partial charge is 0.385 e. The smallest absolute Gasteiger partial charge is 0.113 e. The summed E-state index contributed by atoms with van der Waals surface area (Å²) in [5, 5.41) is 17.2. The van der Waals surface area contributed by atoms with Crippen LogP contribution < -0.4 is 5.73 Å². The molecular formula is C10H12N4O. The Hall–Kier alpha value is -1.72. The lowest BCUT2D eigenvalue weighted by Gasteiger charge is -2.00. The third-order valence-corrected chi connectivity index (χ3v) is 2.10. The van der Waals surface area contributed by atoms with Gasteiger partial charge in [-0.2, -0.15) is 0 Å².